The second-order valence-corrected chi connectivity index (χ2v) is 10.7. The lowest BCUT2D eigenvalue weighted by molar-refractivity contribution is -0.117. The van der Waals surface area contributed by atoms with Crippen LogP contribution in [0.5, 0.6) is 0 Å². The zero-order valence-electron chi connectivity index (χ0n) is 18.2. The number of fused-ring (bicyclic) bond motifs is 1. The van der Waals surface area contributed by atoms with Crippen LogP contribution in [0.15, 0.2) is 84.1 Å². The molecule has 2 aromatic heterocycles. The Morgan fingerprint density at radius 3 is 2.62 bits per heavy atom. The van der Waals surface area contributed by atoms with Gasteiger partial charge in [-0.05, 0) is 48.4 Å². The molecule has 1 amide bonds. The van der Waals surface area contributed by atoms with Gasteiger partial charge in [0.15, 0.2) is 0 Å². The molecule has 0 spiro atoms. The molecule has 2 N–H and O–H groups in total. The number of pyridine rings is 2. The molecule has 2 heterocycles. The molecular weight excluding hydrogens is 472 g/mol. The number of nitrogens with one attached hydrogen (secondary N) is 2. The predicted molar refractivity (Wildman–Crippen MR) is 132 cm³/mol. The molecular formula is C25H21ClN4O3S. The quantitative estimate of drug-likeness (QED) is 0.394. The monoisotopic (exact) mass is 492 g/mol. The highest BCUT2D eigenvalue weighted by Gasteiger charge is 2.55. The third kappa shape index (κ3) is 4.22. The highest BCUT2D eigenvalue weighted by Crippen LogP contribution is 2.54. The first-order chi connectivity index (χ1) is 16.3. The van der Waals surface area contributed by atoms with Crippen LogP contribution in [0.1, 0.15) is 18.9 Å². The van der Waals surface area contributed by atoms with E-state index in [0.717, 1.165) is 16.3 Å². The number of amides is 1. The van der Waals surface area contributed by atoms with Crippen molar-refractivity contribution in [3.63, 3.8) is 0 Å². The molecule has 1 saturated carbocycles. The Labute approximate surface area is 202 Å². The van der Waals surface area contributed by atoms with E-state index < -0.39 is 10.0 Å². The lowest BCUT2D eigenvalue weighted by Crippen LogP contribution is -2.19. The Morgan fingerprint density at radius 1 is 1.09 bits per heavy atom. The highest BCUT2D eigenvalue weighted by molar-refractivity contribution is 7.92. The molecule has 0 radical (unpaired) electrons. The minimum absolute atomic E-state index is 0.0828. The van der Waals surface area contributed by atoms with Crippen LogP contribution >= 0.6 is 11.6 Å². The third-order valence-electron chi connectivity index (χ3n) is 6.26. The first kappa shape index (κ1) is 22.3. The van der Waals surface area contributed by atoms with Gasteiger partial charge in [0, 0.05) is 46.4 Å². The molecule has 34 heavy (non-hydrogen) atoms. The van der Waals surface area contributed by atoms with Gasteiger partial charge in [0.25, 0.3) is 10.0 Å². The summed E-state index contributed by atoms with van der Waals surface area (Å²) in [7, 11) is -3.75. The summed E-state index contributed by atoms with van der Waals surface area (Å²) in [6.45, 7) is 2.01. The van der Waals surface area contributed by atoms with E-state index in [0.29, 0.717) is 17.1 Å². The summed E-state index contributed by atoms with van der Waals surface area (Å²) in [6.07, 6.45) is 5.49. The number of sulfonamides is 1. The second kappa shape index (κ2) is 8.38. The molecule has 5 rings (SSSR count). The smallest absolute Gasteiger partial charge is 0.263 e. The number of aromatic nitrogens is 2. The minimum atomic E-state index is -3.75. The molecule has 2 aromatic carbocycles. The van der Waals surface area contributed by atoms with E-state index >= 15 is 0 Å². The number of benzene rings is 2. The first-order valence-electron chi connectivity index (χ1n) is 10.6. The van der Waals surface area contributed by atoms with Crippen LogP contribution in [0.2, 0.25) is 5.02 Å². The number of hydrogen-bond acceptors (Lipinski definition) is 5. The number of hydrogen-bond donors (Lipinski definition) is 2. The van der Waals surface area contributed by atoms with Crippen LogP contribution in [0.4, 0.5) is 11.5 Å². The molecule has 0 saturated heterocycles. The number of halogens is 1. The fourth-order valence-corrected chi connectivity index (χ4v) is 5.36. The fraction of sp³-hybridized carbons (Fsp3) is 0.160. The number of anilines is 2. The molecule has 1 fully saturated rings. The topological polar surface area (TPSA) is 101 Å². The average molecular weight is 493 g/mol. The number of carbonyl (C=O) groups excluding carboxylic acids is 1. The van der Waals surface area contributed by atoms with E-state index in [4.69, 9.17) is 11.6 Å². The summed E-state index contributed by atoms with van der Waals surface area (Å²) in [6, 6.07) is 17.2. The predicted octanol–water partition coefficient (Wildman–Crippen LogP) is 5.00. The SMILES string of the molecule is C[C@@]1(c2ccc(S(=O)(=O)Nc3ccccn3)cc2)C[C@H]1C(=O)Nc1ccc2cncc(Cl)c2c1. The van der Waals surface area contributed by atoms with E-state index in [9.17, 15) is 13.2 Å². The molecule has 0 aliphatic heterocycles. The van der Waals surface area contributed by atoms with Crippen LogP contribution in [-0.2, 0) is 20.2 Å². The van der Waals surface area contributed by atoms with E-state index in [1.54, 1.807) is 54.9 Å². The van der Waals surface area contributed by atoms with Crippen molar-refractivity contribution >= 4 is 49.8 Å². The van der Waals surface area contributed by atoms with Crippen molar-refractivity contribution in [1.82, 2.24) is 9.97 Å². The van der Waals surface area contributed by atoms with Gasteiger partial charge in [-0.15, -0.1) is 0 Å². The van der Waals surface area contributed by atoms with Gasteiger partial charge in [-0.2, -0.15) is 0 Å². The molecule has 1 aliphatic rings. The van der Waals surface area contributed by atoms with E-state index in [1.165, 1.54) is 6.20 Å². The average Bonchev–Trinajstić information content (AvgIpc) is 3.53. The van der Waals surface area contributed by atoms with Crippen molar-refractivity contribution in [2.45, 2.75) is 23.7 Å². The van der Waals surface area contributed by atoms with E-state index in [1.807, 2.05) is 25.1 Å². The Bertz CT molecular complexity index is 1490. The fourth-order valence-electron chi connectivity index (χ4n) is 4.14. The Balaban J connectivity index is 1.29. The number of rotatable bonds is 6. The summed E-state index contributed by atoms with van der Waals surface area (Å²) in [5.41, 5.74) is 1.22. The van der Waals surface area contributed by atoms with Crippen LogP contribution in [-0.4, -0.2) is 24.3 Å². The summed E-state index contributed by atoms with van der Waals surface area (Å²) < 4.78 is 27.7. The molecule has 0 unspecified atom stereocenters. The van der Waals surface area contributed by atoms with Crippen molar-refractivity contribution in [2.24, 2.45) is 5.92 Å². The van der Waals surface area contributed by atoms with Crippen molar-refractivity contribution in [2.75, 3.05) is 10.0 Å². The van der Waals surface area contributed by atoms with Crippen molar-refractivity contribution in [3.8, 4) is 0 Å². The maximum absolute atomic E-state index is 12.9. The van der Waals surface area contributed by atoms with Gasteiger partial charge < -0.3 is 5.32 Å². The largest absolute Gasteiger partial charge is 0.326 e. The van der Waals surface area contributed by atoms with Gasteiger partial charge in [0.05, 0.1) is 9.92 Å². The highest BCUT2D eigenvalue weighted by atomic mass is 35.5. The summed E-state index contributed by atoms with van der Waals surface area (Å²) >= 11 is 6.23. The maximum atomic E-state index is 12.9. The summed E-state index contributed by atoms with van der Waals surface area (Å²) in [5, 5.41) is 5.23. The van der Waals surface area contributed by atoms with Gasteiger partial charge in [-0.1, -0.05) is 42.8 Å². The van der Waals surface area contributed by atoms with E-state index in [-0.39, 0.29) is 28.0 Å². The molecule has 9 heteroatoms. The second-order valence-electron chi connectivity index (χ2n) is 8.57. The zero-order valence-corrected chi connectivity index (χ0v) is 19.8. The van der Waals surface area contributed by atoms with Gasteiger partial charge in [-0.3, -0.25) is 14.5 Å². The Hall–Kier alpha value is -3.49. The molecule has 1 aliphatic carbocycles. The van der Waals surface area contributed by atoms with Crippen LogP contribution < -0.4 is 10.0 Å². The van der Waals surface area contributed by atoms with Crippen molar-refractivity contribution < 1.29 is 13.2 Å². The van der Waals surface area contributed by atoms with Crippen LogP contribution in [0, 0.1) is 5.92 Å². The lowest BCUT2D eigenvalue weighted by Gasteiger charge is -2.14. The number of nitrogens with zero attached hydrogens (tertiary/aromatic N) is 2. The van der Waals surface area contributed by atoms with Gasteiger partial charge in [0.2, 0.25) is 5.91 Å². The summed E-state index contributed by atoms with van der Waals surface area (Å²) in [5.74, 6) is -0.0468. The Morgan fingerprint density at radius 2 is 1.88 bits per heavy atom. The van der Waals surface area contributed by atoms with Crippen molar-refractivity contribution in [3.05, 3.63) is 89.8 Å². The molecule has 4 aromatic rings. The normalized spacial score (nSPS) is 19.5. The first-order valence-corrected chi connectivity index (χ1v) is 12.5. The number of carbonyl (C=O) groups is 1. The third-order valence-corrected chi connectivity index (χ3v) is 7.93. The Kier molecular flexibility index (Phi) is 5.50. The van der Waals surface area contributed by atoms with Crippen LogP contribution in [0.25, 0.3) is 10.8 Å². The molecule has 172 valence electrons. The van der Waals surface area contributed by atoms with Gasteiger partial charge in [-0.25, -0.2) is 13.4 Å². The van der Waals surface area contributed by atoms with Crippen molar-refractivity contribution in [1.29, 1.82) is 0 Å². The van der Waals surface area contributed by atoms with Gasteiger partial charge in [0.1, 0.15) is 5.82 Å². The molecule has 2 atom stereocenters. The van der Waals surface area contributed by atoms with Gasteiger partial charge >= 0.3 is 0 Å². The molecule has 7 nitrogen and oxygen atoms in total. The minimum Gasteiger partial charge on any atom is -0.326 e. The lowest BCUT2D eigenvalue weighted by atomic mass is 9.95. The maximum Gasteiger partial charge on any atom is 0.263 e. The molecule has 0 bridgehead atoms. The standard InChI is InChI=1S/C25H21ClN4O3S/c1-25(17-6-9-19(10-7-17)34(32,33)30-23-4-2-3-11-28-23)13-21(25)24(31)29-18-8-5-16-14-27-15-22(26)20(16)12-18/h2-12,14-15,21H,13H2,1H3,(H,28,30)(H,29,31)/t21-,25-/m0/s1. The van der Waals surface area contributed by atoms with Crippen LogP contribution in [0.3, 0.4) is 0 Å². The van der Waals surface area contributed by atoms with E-state index in [2.05, 4.69) is 20.0 Å². The zero-order chi connectivity index (χ0) is 23.9. The summed E-state index contributed by atoms with van der Waals surface area (Å²) in [4.78, 5) is 21.1.